The zero-order valence-electron chi connectivity index (χ0n) is 18.2. The lowest BCUT2D eigenvalue weighted by molar-refractivity contribution is 0.101. The number of carbonyl (C=O) groups is 2. The molecule has 0 aliphatic carbocycles. The second-order valence-electron chi connectivity index (χ2n) is 7.27. The molecule has 4 rings (SSSR count). The first-order valence-corrected chi connectivity index (χ1v) is 10.9. The van der Waals surface area contributed by atoms with Crippen molar-refractivity contribution in [2.45, 2.75) is 6.92 Å². The van der Waals surface area contributed by atoms with E-state index in [0.717, 1.165) is 0 Å². The maximum atomic E-state index is 13.0. The van der Waals surface area contributed by atoms with Gasteiger partial charge in [0.2, 0.25) is 0 Å². The van der Waals surface area contributed by atoms with Crippen LogP contribution >= 0.6 is 23.2 Å². The van der Waals surface area contributed by atoms with Gasteiger partial charge in [0.05, 0.1) is 17.2 Å². The highest BCUT2D eigenvalue weighted by molar-refractivity contribution is 6.39. The number of anilines is 2. The van der Waals surface area contributed by atoms with Gasteiger partial charge in [0.15, 0.2) is 0 Å². The number of benzene rings is 3. The Kier molecular flexibility index (Phi) is 6.86. The minimum Gasteiger partial charge on any atom is -0.497 e. The third-order valence-corrected chi connectivity index (χ3v) is 5.67. The molecule has 0 unspecified atom stereocenters. The van der Waals surface area contributed by atoms with Gasteiger partial charge in [-0.25, -0.2) is 0 Å². The Morgan fingerprint density at radius 2 is 1.41 bits per heavy atom. The number of aromatic nitrogens is 1. The van der Waals surface area contributed by atoms with Crippen LogP contribution in [0.2, 0.25) is 10.0 Å². The summed E-state index contributed by atoms with van der Waals surface area (Å²) in [4.78, 5) is 25.6. The number of amides is 2. The maximum Gasteiger partial charge on any atom is 0.261 e. The van der Waals surface area contributed by atoms with Crippen molar-refractivity contribution >= 4 is 46.4 Å². The Labute approximate surface area is 205 Å². The Morgan fingerprint density at radius 1 is 0.853 bits per heavy atom. The SMILES string of the molecule is COc1ccc(NC(=O)c2ccc(NC(=O)c3c(-c4c(Cl)cccc4Cl)noc3C)cc2)cc1. The van der Waals surface area contributed by atoms with Gasteiger partial charge < -0.3 is 19.9 Å². The highest BCUT2D eigenvalue weighted by Gasteiger charge is 2.25. The summed E-state index contributed by atoms with van der Waals surface area (Å²) < 4.78 is 10.4. The Balaban J connectivity index is 1.49. The Hall–Kier alpha value is -3.81. The monoisotopic (exact) mass is 495 g/mol. The summed E-state index contributed by atoms with van der Waals surface area (Å²) >= 11 is 12.6. The van der Waals surface area contributed by atoms with E-state index in [1.54, 1.807) is 80.8 Å². The molecule has 7 nitrogen and oxygen atoms in total. The van der Waals surface area contributed by atoms with Crippen LogP contribution in [-0.2, 0) is 0 Å². The van der Waals surface area contributed by atoms with Crippen LogP contribution in [0.1, 0.15) is 26.5 Å². The van der Waals surface area contributed by atoms with E-state index in [2.05, 4.69) is 15.8 Å². The van der Waals surface area contributed by atoms with Gasteiger partial charge in [-0.05, 0) is 67.6 Å². The number of ether oxygens (including phenoxy) is 1. The fourth-order valence-corrected chi connectivity index (χ4v) is 3.89. The van der Waals surface area contributed by atoms with Gasteiger partial charge in [-0.15, -0.1) is 0 Å². The molecule has 4 aromatic rings. The summed E-state index contributed by atoms with van der Waals surface area (Å²) in [6.07, 6.45) is 0. The van der Waals surface area contributed by atoms with E-state index in [1.807, 2.05) is 0 Å². The first kappa shape index (κ1) is 23.4. The molecule has 0 aliphatic rings. The Morgan fingerprint density at radius 3 is 2.00 bits per heavy atom. The number of halogens is 2. The molecule has 0 bridgehead atoms. The molecule has 1 heterocycles. The predicted octanol–water partition coefficient (Wildman–Crippen LogP) is 6.47. The van der Waals surface area contributed by atoms with Gasteiger partial charge in [-0.2, -0.15) is 0 Å². The molecular weight excluding hydrogens is 477 g/mol. The van der Waals surface area contributed by atoms with Gasteiger partial charge in [-0.1, -0.05) is 34.4 Å². The minimum absolute atomic E-state index is 0.219. The lowest BCUT2D eigenvalue weighted by Gasteiger charge is -2.09. The molecule has 0 aliphatic heterocycles. The van der Waals surface area contributed by atoms with E-state index in [4.69, 9.17) is 32.5 Å². The highest BCUT2D eigenvalue weighted by atomic mass is 35.5. The standard InChI is InChI=1S/C25H19Cl2N3O4/c1-14-21(23(30-34-14)22-19(26)4-3-5-20(22)27)25(32)29-16-8-6-15(7-9-16)24(31)28-17-10-12-18(33-2)13-11-17/h3-13H,1-2H3,(H,28,31)(H,29,32). The zero-order valence-corrected chi connectivity index (χ0v) is 19.7. The minimum atomic E-state index is -0.444. The van der Waals surface area contributed by atoms with Gasteiger partial charge in [0, 0.05) is 22.5 Å². The van der Waals surface area contributed by atoms with E-state index in [1.165, 1.54) is 0 Å². The van der Waals surface area contributed by atoms with E-state index in [9.17, 15) is 9.59 Å². The first-order chi connectivity index (χ1) is 16.4. The van der Waals surface area contributed by atoms with E-state index in [0.29, 0.717) is 44.1 Å². The van der Waals surface area contributed by atoms with Crippen LogP contribution in [0.5, 0.6) is 5.75 Å². The van der Waals surface area contributed by atoms with E-state index < -0.39 is 5.91 Å². The molecule has 34 heavy (non-hydrogen) atoms. The summed E-state index contributed by atoms with van der Waals surface area (Å²) in [5, 5.41) is 10.3. The molecule has 0 atom stereocenters. The lowest BCUT2D eigenvalue weighted by Crippen LogP contribution is -2.14. The quantitative estimate of drug-likeness (QED) is 0.319. The zero-order chi connectivity index (χ0) is 24.2. The van der Waals surface area contributed by atoms with Crippen LogP contribution in [0.3, 0.4) is 0 Å². The molecule has 2 amide bonds. The summed E-state index contributed by atoms with van der Waals surface area (Å²) in [5.74, 6) is 0.286. The number of methoxy groups -OCH3 is 1. The largest absolute Gasteiger partial charge is 0.497 e. The van der Waals surface area contributed by atoms with Crippen LogP contribution in [0, 0.1) is 6.92 Å². The van der Waals surface area contributed by atoms with Crippen LogP contribution in [0.4, 0.5) is 11.4 Å². The lowest BCUT2D eigenvalue weighted by atomic mass is 10.1. The fourth-order valence-electron chi connectivity index (χ4n) is 3.31. The maximum absolute atomic E-state index is 13.0. The van der Waals surface area contributed by atoms with Crippen molar-refractivity contribution in [3.63, 3.8) is 0 Å². The van der Waals surface area contributed by atoms with Crippen molar-refractivity contribution in [3.05, 3.63) is 93.7 Å². The average molecular weight is 496 g/mol. The van der Waals surface area contributed by atoms with Crippen molar-refractivity contribution in [1.82, 2.24) is 5.16 Å². The van der Waals surface area contributed by atoms with E-state index >= 15 is 0 Å². The number of hydrogen-bond acceptors (Lipinski definition) is 5. The normalized spacial score (nSPS) is 10.6. The number of nitrogens with one attached hydrogen (secondary N) is 2. The smallest absolute Gasteiger partial charge is 0.261 e. The van der Waals surface area contributed by atoms with Gasteiger partial charge in [-0.3, -0.25) is 9.59 Å². The number of carbonyl (C=O) groups excluding carboxylic acids is 2. The summed E-state index contributed by atoms with van der Waals surface area (Å²) in [6, 6.07) is 18.5. The van der Waals surface area contributed by atoms with Crippen molar-refractivity contribution in [2.24, 2.45) is 0 Å². The summed E-state index contributed by atoms with van der Waals surface area (Å²) in [6.45, 7) is 1.63. The summed E-state index contributed by atoms with van der Waals surface area (Å²) in [7, 11) is 1.57. The summed E-state index contributed by atoms with van der Waals surface area (Å²) in [5.41, 5.74) is 2.44. The average Bonchev–Trinajstić information content (AvgIpc) is 3.21. The second-order valence-corrected chi connectivity index (χ2v) is 8.09. The van der Waals surface area contributed by atoms with Crippen molar-refractivity contribution in [3.8, 4) is 17.0 Å². The topological polar surface area (TPSA) is 93.5 Å². The molecular formula is C25H19Cl2N3O4. The second kappa shape index (κ2) is 9.99. The molecule has 1 aromatic heterocycles. The van der Waals surface area contributed by atoms with Crippen molar-refractivity contribution < 1.29 is 18.8 Å². The number of aryl methyl sites for hydroxylation is 1. The predicted molar refractivity (Wildman–Crippen MR) is 132 cm³/mol. The molecule has 0 fully saturated rings. The first-order valence-electron chi connectivity index (χ1n) is 10.1. The molecule has 9 heteroatoms. The van der Waals surface area contributed by atoms with Crippen LogP contribution in [0.15, 0.2) is 71.3 Å². The van der Waals surface area contributed by atoms with Gasteiger partial charge in [0.1, 0.15) is 22.8 Å². The number of rotatable bonds is 6. The fraction of sp³-hybridized carbons (Fsp3) is 0.0800. The van der Waals surface area contributed by atoms with Gasteiger partial charge in [0.25, 0.3) is 11.8 Å². The number of nitrogens with zero attached hydrogens (tertiary/aromatic N) is 1. The van der Waals surface area contributed by atoms with Crippen LogP contribution in [-0.4, -0.2) is 24.1 Å². The third kappa shape index (κ3) is 4.90. The van der Waals surface area contributed by atoms with Crippen molar-refractivity contribution in [2.75, 3.05) is 17.7 Å². The molecule has 0 saturated heterocycles. The Bertz CT molecular complexity index is 1330. The third-order valence-electron chi connectivity index (χ3n) is 5.04. The van der Waals surface area contributed by atoms with Gasteiger partial charge >= 0.3 is 0 Å². The number of hydrogen-bond donors (Lipinski definition) is 2. The molecule has 2 N–H and O–H groups in total. The van der Waals surface area contributed by atoms with Crippen LogP contribution < -0.4 is 15.4 Å². The molecule has 0 spiro atoms. The van der Waals surface area contributed by atoms with E-state index in [-0.39, 0.29) is 17.2 Å². The van der Waals surface area contributed by atoms with Crippen molar-refractivity contribution in [1.29, 1.82) is 0 Å². The molecule has 0 radical (unpaired) electrons. The van der Waals surface area contributed by atoms with Crippen LogP contribution in [0.25, 0.3) is 11.3 Å². The highest BCUT2D eigenvalue weighted by Crippen LogP contribution is 2.37. The molecule has 172 valence electrons. The molecule has 3 aromatic carbocycles. The molecule has 0 saturated carbocycles.